The molecule has 1 aromatic rings. The summed E-state index contributed by atoms with van der Waals surface area (Å²) in [6, 6.07) is 5.94. The summed E-state index contributed by atoms with van der Waals surface area (Å²) < 4.78 is 0. The molecule has 88 valence electrons. The third kappa shape index (κ3) is 2.38. The number of nitrogen functional groups attached to an aromatic ring is 2. The third-order valence-electron chi connectivity index (χ3n) is 3.03. The minimum absolute atomic E-state index is 0.669. The van der Waals surface area contributed by atoms with Crippen LogP contribution in [0.4, 0.5) is 17.1 Å². The Morgan fingerprint density at radius 3 is 2.88 bits per heavy atom. The fraction of sp³-hybridized carbons (Fsp3) is 0.500. The van der Waals surface area contributed by atoms with Gasteiger partial charge in [-0.2, -0.15) is 11.8 Å². The summed E-state index contributed by atoms with van der Waals surface area (Å²) in [5.41, 5.74) is 14.1. The second-order valence-electron chi connectivity index (χ2n) is 4.16. The Labute approximate surface area is 101 Å². The van der Waals surface area contributed by atoms with Gasteiger partial charge in [-0.3, -0.25) is 0 Å². The van der Waals surface area contributed by atoms with Crippen LogP contribution in [0.5, 0.6) is 0 Å². The zero-order chi connectivity index (χ0) is 11.5. The van der Waals surface area contributed by atoms with Gasteiger partial charge in [0.25, 0.3) is 0 Å². The van der Waals surface area contributed by atoms with Crippen molar-refractivity contribution < 1.29 is 0 Å². The van der Waals surface area contributed by atoms with Crippen molar-refractivity contribution in [3.8, 4) is 0 Å². The summed E-state index contributed by atoms with van der Waals surface area (Å²) in [7, 11) is 0. The second-order valence-corrected chi connectivity index (χ2v) is 5.57. The van der Waals surface area contributed by atoms with Crippen LogP contribution < -0.4 is 16.4 Å². The molecule has 1 atom stereocenters. The third-order valence-corrected chi connectivity index (χ3v) is 4.40. The molecule has 4 heteroatoms. The van der Waals surface area contributed by atoms with Crippen molar-refractivity contribution in [1.82, 2.24) is 0 Å². The van der Waals surface area contributed by atoms with Crippen molar-refractivity contribution in [3.63, 3.8) is 0 Å². The maximum absolute atomic E-state index is 5.84. The summed E-state index contributed by atoms with van der Waals surface area (Å²) in [6.07, 6.45) is 1.23. The molecular weight excluding hydrogens is 218 g/mol. The van der Waals surface area contributed by atoms with Gasteiger partial charge in [0.05, 0.1) is 11.4 Å². The molecule has 1 unspecified atom stereocenters. The molecule has 3 nitrogen and oxygen atoms in total. The summed E-state index contributed by atoms with van der Waals surface area (Å²) >= 11 is 2.07. The van der Waals surface area contributed by atoms with E-state index in [9.17, 15) is 0 Å². The molecule has 0 aromatic heterocycles. The lowest BCUT2D eigenvalue weighted by atomic mass is 10.2. The van der Waals surface area contributed by atoms with Gasteiger partial charge in [-0.15, -0.1) is 0 Å². The zero-order valence-corrected chi connectivity index (χ0v) is 10.5. The first-order chi connectivity index (χ1) is 7.70. The summed E-state index contributed by atoms with van der Waals surface area (Å²) in [4.78, 5) is 2.40. The van der Waals surface area contributed by atoms with E-state index in [1.54, 1.807) is 0 Å². The largest absolute Gasteiger partial charge is 0.397 e. The highest BCUT2D eigenvalue weighted by atomic mass is 32.2. The van der Waals surface area contributed by atoms with Crippen LogP contribution in [0, 0.1) is 0 Å². The van der Waals surface area contributed by atoms with Gasteiger partial charge in [0.2, 0.25) is 0 Å². The number of nitrogens with zero attached hydrogens (tertiary/aromatic N) is 1. The van der Waals surface area contributed by atoms with Crippen LogP contribution in [0.25, 0.3) is 0 Å². The topological polar surface area (TPSA) is 55.3 Å². The van der Waals surface area contributed by atoms with Crippen LogP contribution in [-0.2, 0) is 0 Å². The van der Waals surface area contributed by atoms with E-state index in [2.05, 4.69) is 29.7 Å². The molecule has 0 radical (unpaired) electrons. The predicted octanol–water partition coefficient (Wildman–Crippen LogP) is 2.18. The van der Waals surface area contributed by atoms with Gasteiger partial charge in [-0.1, -0.05) is 6.92 Å². The lowest BCUT2D eigenvalue weighted by Crippen LogP contribution is -2.37. The van der Waals surface area contributed by atoms with Crippen molar-refractivity contribution in [3.05, 3.63) is 18.2 Å². The van der Waals surface area contributed by atoms with Crippen molar-refractivity contribution in [1.29, 1.82) is 0 Å². The first-order valence-electron chi connectivity index (χ1n) is 5.72. The Bertz CT molecular complexity index is 367. The Kier molecular flexibility index (Phi) is 3.49. The number of nitrogens with two attached hydrogens (primary N) is 2. The number of hydrogen-bond acceptors (Lipinski definition) is 4. The minimum atomic E-state index is 0.669. The molecule has 1 heterocycles. The molecule has 0 bridgehead atoms. The highest BCUT2D eigenvalue weighted by Crippen LogP contribution is 2.28. The lowest BCUT2D eigenvalue weighted by molar-refractivity contribution is 0.728. The van der Waals surface area contributed by atoms with Crippen molar-refractivity contribution in [2.45, 2.75) is 18.6 Å². The van der Waals surface area contributed by atoms with Gasteiger partial charge in [-0.25, -0.2) is 0 Å². The van der Waals surface area contributed by atoms with Crippen LogP contribution in [-0.4, -0.2) is 24.1 Å². The number of hydrogen-bond donors (Lipinski definition) is 2. The fourth-order valence-electron chi connectivity index (χ4n) is 1.96. The van der Waals surface area contributed by atoms with Gasteiger partial charge in [0.1, 0.15) is 0 Å². The zero-order valence-electron chi connectivity index (χ0n) is 9.65. The average molecular weight is 237 g/mol. The first-order valence-corrected chi connectivity index (χ1v) is 6.77. The number of anilines is 3. The first kappa shape index (κ1) is 11.5. The van der Waals surface area contributed by atoms with Crippen LogP contribution in [0.15, 0.2) is 18.2 Å². The van der Waals surface area contributed by atoms with Crippen LogP contribution in [0.1, 0.15) is 13.3 Å². The second kappa shape index (κ2) is 4.87. The molecule has 1 aliphatic heterocycles. The van der Waals surface area contributed by atoms with E-state index in [-0.39, 0.29) is 0 Å². The molecule has 0 saturated carbocycles. The molecule has 16 heavy (non-hydrogen) atoms. The van der Waals surface area contributed by atoms with Crippen LogP contribution >= 0.6 is 11.8 Å². The van der Waals surface area contributed by atoms with E-state index < -0.39 is 0 Å². The summed E-state index contributed by atoms with van der Waals surface area (Å²) in [6.45, 7) is 4.47. The van der Waals surface area contributed by atoms with Gasteiger partial charge in [0, 0.05) is 29.8 Å². The molecule has 0 spiro atoms. The molecular formula is C12H19N3S. The van der Waals surface area contributed by atoms with E-state index in [0.29, 0.717) is 11.4 Å². The summed E-state index contributed by atoms with van der Waals surface area (Å²) in [5, 5.41) is 0.743. The van der Waals surface area contributed by atoms with Crippen molar-refractivity contribution in [2.75, 3.05) is 35.2 Å². The molecule has 1 aliphatic rings. The van der Waals surface area contributed by atoms with Crippen LogP contribution in [0.2, 0.25) is 0 Å². The van der Waals surface area contributed by atoms with Crippen molar-refractivity contribution >= 4 is 28.8 Å². The van der Waals surface area contributed by atoms with E-state index in [0.717, 1.165) is 18.3 Å². The maximum atomic E-state index is 5.84. The van der Waals surface area contributed by atoms with Gasteiger partial charge in [0.15, 0.2) is 0 Å². The quantitative estimate of drug-likeness (QED) is 0.774. The molecule has 1 aromatic carbocycles. The standard InChI is InChI=1S/C12H19N3S/c1-2-10-8-15(5-6-16-10)9-3-4-11(13)12(14)7-9/h3-4,7,10H,2,5-6,8,13-14H2,1H3. The summed E-state index contributed by atoms with van der Waals surface area (Å²) in [5.74, 6) is 1.20. The number of benzene rings is 1. The van der Waals surface area contributed by atoms with E-state index in [1.165, 1.54) is 17.9 Å². The monoisotopic (exact) mass is 237 g/mol. The van der Waals surface area contributed by atoms with E-state index >= 15 is 0 Å². The van der Waals surface area contributed by atoms with E-state index in [1.807, 2.05) is 12.1 Å². The number of thioether (sulfide) groups is 1. The SMILES string of the molecule is CCC1CN(c2ccc(N)c(N)c2)CCS1. The smallest absolute Gasteiger partial charge is 0.0568 e. The van der Waals surface area contributed by atoms with Crippen LogP contribution in [0.3, 0.4) is 0 Å². The minimum Gasteiger partial charge on any atom is -0.397 e. The Hall–Kier alpha value is -1.03. The molecule has 2 rings (SSSR count). The normalized spacial score (nSPS) is 21.1. The van der Waals surface area contributed by atoms with Gasteiger partial charge in [-0.05, 0) is 24.6 Å². The molecule has 0 amide bonds. The molecule has 0 aliphatic carbocycles. The Morgan fingerprint density at radius 1 is 1.38 bits per heavy atom. The van der Waals surface area contributed by atoms with Gasteiger partial charge < -0.3 is 16.4 Å². The molecule has 4 N–H and O–H groups in total. The predicted molar refractivity (Wildman–Crippen MR) is 74.0 cm³/mol. The highest BCUT2D eigenvalue weighted by Gasteiger charge is 2.19. The number of rotatable bonds is 2. The Balaban J connectivity index is 2.13. The molecule has 1 fully saturated rings. The maximum Gasteiger partial charge on any atom is 0.0568 e. The van der Waals surface area contributed by atoms with Crippen molar-refractivity contribution in [2.24, 2.45) is 0 Å². The van der Waals surface area contributed by atoms with Gasteiger partial charge >= 0.3 is 0 Å². The fourth-order valence-corrected chi connectivity index (χ4v) is 3.14. The molecule has 1 saturated heterocycles. The average Bonchev–Trinajstić information content (AvgIpc) is 2.33. The highest BCUT2D eigenvalue weighted by molar-refractivity contribution is 8.00. The Morgan fingerprint density at radius 2 is 2.19 bits per heavy atom. The lowest BCUT2D eigenvalue weighted by Gasteiger charge is -2.33. The van der Waals surface area contributed by atoms with E-state index in [4.69, 9.17) is 11.5 Å².